The highest BCUT2D eigenvalue weighted by molar-refractivity contribution is 7.80. The summed E-state index contributed by atoms with van der Waals surface area (Å²) in [5, 5.41) is 7.10. The van der Waals surface area contributed by atoms with Crippen molar-refractivity contribution in [3.63, 3.8) is 0 Å². The largest absolute Gasteiger partial charge is 0.495 e. The molecule has 0 bridgehead atoms. The molecule has 3 rings (SSSR count). The number of benzene rings is 1. The average molecular weight is 435 g/mol. The second kappa shape index (κ2) is 9.82. The van der Waals surface area contributed by atoms with Crippen molar-refractivity contribution in [1.29, 1.82) is 0 Å². The Labute approximate surface area is 180 Å². The Kier molecular flexibility index (Phi) is 7.18. The second-order valence-electron chi connectivity index (χ2n) is 6.41. The van der Waals surface area contributed by atoms with Crippen LogP contribution in [-0.4, -0.2) is 59.4 Å². The Morgan fingerprint density at radius 2 is 1.86 bits per heavy atom. The molecule has 2 N–H and O–H groups in total. The Morgan fingerprint density at radius 1 is 1.17 bits per heavy atom. The summed E-state index contributed by atoms with van der Waals surface area (Å²) in [6.45, 7) is 6.42. The standard InChI is InChI=1S/C19H23ClN6O2S/c1-12-10-13(2)22-17(21-12)24-18(26-6-8-28-9-7-26)25-19(29)23-15-11-14(20)4-5-16(15)27-3/h4-5,10-11H,6-9H2,1-3H3,(H2,21,22,23,24,25,29). The number of thiocarbonyl (C=S) groups is 1. The fourth-order valence-electron chi connectivity index (χ4n) is 2.85. The number of aliphatic imine (C=N–C) groups is 1. The van der Waals surface area contributed by atoms with Crippen molar-refractivity contribution in [1.82, 2.24) is 14.9 Å². The van der Waals surface area contributed by atoms with Gasteiger partial charge in [-0.25, -0.2) is 9.97 Å². The number of aryl methyl sites for hydroxylation is 2. The van der Waals surface area contributed by atoms with E-state index in [4.69, 9.17) is 33.3 Å². The van der Waals surface area contributed by atoms with Crippen LogP contribution in [0.4, 0.5) is 11.6 Å². The Bertz CT molecular complexity index is 897. The SMILES string of the molecule is COc1ccc(Cl)cc1NC(=S)/N=C(/Nc1nc(C)cc(C)n1)N1CCOCC1. The van der Waals surface area contributed by atoms with Crippen molar-refractivity contribution in [2.45, 2.75) is 13.8 Å². The van der Waals surface area contributed by atoms with Gasteiger partial charge in [0.15, 0.2) is 0 Å². The van der Waals surface area contributed by atoms with Crippen molar-refractivity contribution >= 4 is 46.5 Å². The summed E-state index contributed by atoms with van der Waals surface area (Å²) in [5.74, 6) is 1.64. The van der Waals surface area contributed by atoms with Crippen molar-refractivity contribution < 1.29 is 9.47 Å². The van der Waals surface area contributed by atoms with Gasteiger partial charge < -0.3 is 19.7 Å². The van der Waals surface area contributed by atoms with Crippen molar-refractivity contribution in [3.8, 4) is 5.75 Å². The zero-order chi connectivity index (χ0) is 20.8. The molecule has 0 radical (unpaired) electrons. The molecule has 1 fully saturated rings. The molecule has 1 aliphatic heterocycles. The Hall–Kier alpha value is -2.49. The maximum atomic E-state index is 6.10. The van der Waals surface area contributed by atoms with Gasteiger partial charge in [-0.2, -0.15) is 4.99 Å². The number of morpholine rings is 1. The predicted molar refractivity (Wildman–Crippen MR) is 119 cm³/mol. The zero-order valence-corrected chi connectivity index (χ0v) is 18.1. The first-order valence-electron chi connectivity index (χ1n) is 9.10. The first kappa shape index (κ1) is 21.2. The number of hydrogen-bond donors (Lipinski definition) is 2. The van der Waals surface area contributed by atoms with Gasteiger partial charge in [-0.05, 0) is 50.3 Å². The number of guanidine groups is 1. The van der Waals surface area contributed by atoms with Crippen LogP contribution in [0.2, 0.25) is 5.02 Å². The van der Waals surface area contributed by atoms with Gasteiger partial charge in [0.25, 0.3) is 0 Å². The third kappa shape index (κ3) is 5.99. The van der Waals surface area contributed by atoms with Crippen LogP contribution >= 0.6 is 23.8 Å². The van der Waals surface area contributed by atoms with Crippen LogP contribution < -0.4 is 15.4 Å². The van der Waals surface area contributed by atoms with E-state index >= 15 is 0 Å². The molecule has 1 aromatic carbocycles. The number of rotatable bonds is 3. The van der Waals surface area contributed by atoms with Gasteiger partial charge in [-0.3, -0.25) is 5.32 Å². The van der Waals surface area contributed by atoms with Gasteiger partial charge >= 0.3 is 0 Å². The molecule has 10 heteroatoms. The monoisotopic (exact) mass is 434 g/mol. The van der Waals surface area contributed by atoms with Crippen LogP contribution in [0.25, 0.3) is 0 Å². The summed E-state index contributed by atoms with van der Waals surface area (Å²) in [7, 11) is 1.58. The molecule has 0 unspecified atom stereocenters. The lowest BCUT2D eigenvalue weighted by Gasteiger charge is -2.29. The number of ether oxygens (including phenoxy) is 2. The molecule has 29 heavy (non-hydrogen) atoms. The fourth-order valence-corrected chi connectivity index (χ4v) is 3.22. The summed E-state index contributed by atoms with van der Waals surface area (Å²) < 4.78 is 10.8. The lowest BCUT2D eigenvalue weighted by atomic mass is 10.3. The molecule has 8 nitrogen and oxygen atoms in total. The summed E-state index contributed by atoms with van der Waals surface area (Å²) in [6.07, 6.45) is 0. The number of nitrogens with one attached hydrogen (secondary N) is 2. The molecule has 154 valence electrons. The maximum absolute atomic E-state index is 6.10. The first-order valence-corrected chi connectivity index (χ1v) is 9.88. The van der Waals surface area contributed by atoms with Crippen molar-refractivity contribution in [3.05, 3.63) is 40.7 Å². The molecule has 0 atom stereocenters. The van der Waals surface area contributed by atoms with E-state index in [1.54, 1.807) is 25.3 Å². The summed E-state index contributed by atoms with van der Waals surface area (Å²) in [4.78, 5) is 15.5. The molecule has 2 aromatic rings. The normalized spacial score (nSPS) is 14.5. The second-order valence-corrected chi connectivity index (χ2v) is 7.23. The molecular weight excluding hydrogens is 412 g/mol. The van der Waals surface area contributed by atoms with Crippen LogP contribution in [0.15, 0.2) is 29.3 Å². The molecular formula is C19H23ClN6O2S. The van der Waals surface area contributed by atoms with E-state index < -0.39 is 0 Å². The number of anilines is 2. The van der Waals surface area contributed by atoms with Gasteiger partial charge in [0, 0.05) is 29.5 Å². The minimum atomic E-state index is 0.254. The van der Waals surface area contributed by atoms with Gasteiger partial charge in [0.1, 0.15) is 5.75 Å². The molecule has 1 saturated heterocycles. The van der Waals surface area contributed by atoms with Crippen LogP contribution in [0.3, 0.4) is 0 Å². The van der Waals surface area contributed by atoms with Crippen LogP contribution in [-0.2, 0) is 4.74 Å². The minimum absolute atomic E-state index is 0.254. The highest BCUT2D eigenvalue weighted by Crippen LogP contribution is 2.27. The number of aromatic nitrogens is 2. The lowest BCUT2D eigenvalue weighted by molar-refractivity contribution is 0.0680. The third-order valence-electron chi connectivity index (χ3n) is 4.13. The topological polar surface area (TPSA) is 83.9 Å². The maximum Gasteiger partial charge on any atom is 0.229 e. The Balaban J connectivity index is 1.85. The molecule has 1 aromatic heterocycles. The summed E-state index contributed by atoms with van der Waals surface area (Å²) >= 11 is 11.6. The number of halogens is 1. The summed E-state index contributed by atoms with van der Waals surface area (Å²) in [6, 6.07) is 7.16. The van der Waals surface area contributed by atoms with Crippen LogP contribution in [0, 0.1) is 13.8 Å². The Morgan fingerprint density at radius 3 is 2.52 bits per heavy atom. The molecule has 0 amide bonds. The van der Waals surface area contributed by atoms with Gasteiger partial charge in [0.05, 0.1) is 26.0 Å². The minimum Gasteiger partial charge on any atom is -0.495 e. The van der Waals surface area contributed by atoms with E-state index in [9.17, 15) is 0 Å². The van der Waals surface area contributed by atoms with E-state index in [0.29, 0.717) is 54.7 Å². The molecule has 1 aliphatic rings. The zero-order valence-electron chi connectivity index (χ0n) is 16.5. The smallest absolute Gasteiger partial charge is 0.229 e. The molecule has 0 aliphatic carbocycles. The van der Waals surface area contributed by atoms with E-state index in [1.807, 2.05) is 24.8 Å². The van der Waals surface area contributed by atoms with E-state index in [0.717, 1.165) is 11.4 Å². The van der Waals surface area contributed by atoms with E-state index in [1.165, 1.54) is 0 Å². The van der Waals surface area contributed by atoms with Gasteiger partial charge in [-0.1, -0.05) is 11.6 Å². The summed E-state index contributed by atoms with van der Waals surface area (Å²) in [5.41, 5.74) is 2.37. The van der Waals surface area contributed by atoms with E-state index in [-0.39, 0.29) is 5.11 Å². The molecule has 0 saturated carbocycles. The highest BCUT2D eigenvalue weighted by Gasteiger charge is 2.18. The predicted octanol–water partition coefficient (Wildman–Crippen LogP) is 3.25. The molecule has 0 spiro atoms. The van der Waals surface area contributed by atoms with Crippen LogP contribution in [0.1, 0.15) is 11.4 Å². The lowest BCUT2D eigenvalue weighted by Crippen LogP contribution is -2.45. The number of methoxy groups -OCH3 is 1. The third-order valence-corrected chi connectivity index (χ3v) is 4.56. The van der Waals surface area contributed by atoms with Crippen LogP contribution in [0.5, 0.6) is 5.75 Å². The molecule has 2 heterocycles. The number of nitrogens with zero attached hydrogens (tertiary/aromatic N) is 4. The van der Waals surface area contributed by atoms with Crippen molar-refractivity contribution in [2.75, 3.05) is 44.0 Å². The van der Waals surface area contributed by atoms with Gasteiger partial charge in [0.2, 0.25) is 17.0 Å². The van der Waals surface area contributed by atoms with Gasteiger partial charge in [-0.15, -0.1) is 0 Å². The average Bonchev–Trinajstić information content (AvgIpc) is 2.67. The number of hydrogen-bond acceptors (Lipinski definition) is 5. The fraction of sp³-hybridized carbons (Fsp3) is 0.368. The van der Waals surface area contributed by atoms with E-state index in [2.05, 4.69) is 25.6 Å². The first-order chi connectivity index (χ1) is 13.9. The van der Waals surface area contributed by atoms with Crippen molar-refractivity contribution in [2.24, 2.45) is 4.99 Å². The quantitative estimate of drug-likeness (QED) is 0.432. The highest BCUT2D eigenvalue weighted by atomic mass is 35.5.